The summed E-state index contributed by atoms with van der Waals surface area (Å²) >= 11 is 0. The van der Waals surface area contributed by atoms with Gasteiger partial charge in [0.15, 0.2) is 23.2 Å². The van der Waals surface area contributed by atoms with Crippen molar-refractivity contribution in [2.75, 3.05) is 18.5 Å². The van der Waals surface area contributed by atoms with Crippen molar-refractivity contribution in [3.8, 4) is 0 Å². The first-order valence-corrected chi connectivity index (χ1v) is 9.45. The smallest absolute Gasteiger partial charge is 0.167 e. The summed E-state index contributed by atoms with van der Waals surface area (Å²) < 4.78 is 6.98. The van der Waals surface area contributed by atoms with E-state index in [-0.39, 0.29) is 12.4 Å². The first-order chi connectivity index (χ1) is 14.5. The van der Waals surface area contributed by atoms with Gasteiger partial charge in [-0.15, -0.1) is 0 Å². The van der Waals surface area contributed by atoms with E-state index >= 15 is 0 Å². The number of aliphatic hydroxyl groups is 5. The van der Waals surface area contributed by atoms with Crippen LogP contribution in [0.25, 0.3) is 11.2 Å². The van der Waals surface area contributed by atoms with E-state index < -0.39 is 43.3 Å². The monoisotopic (exact) mass is 417 g/mol. The molecule has 3 aromatic rings. The van der Waals surface area contributed by atoms with Crippen LogP contribution in [0.1, 0.15) is 17.9 Å². The van der Waals surface area contributed by atoms with Crippen LogP contribution in [0.4, 0.5) is 5.82 Å². The molecule has 0 amide bonds. The third-order valence-corrected chi connectivity index (χ3v) is 5.19. The van der Waals surface area contributed by atoms with Crippen molar-refractivity contribution in [1.29, 1.82) is 0 Å². The quantitative estimate of drug-likeness (QED) is 0.279. The molecule has 6 atom stereocenters. The molecule has 1 aliphatic heterocycles. The average Bonchev–Trinajstić information content (AvgIpc) is 3.33. The van der Waals surface area contributed by atoms with Crippen LogP contribution in [0.15, 0.2) is 43.0 Å². The van der Waals surface area contributed by atoms with E-state index in [1.54, 1.807) is 24.3 Å². The molecule has 11 nitrogen and oxygen atoms in total. The van der Waals surface area contributed by atoms with Crippen molar-refractivity contribution in [1.82, 2.24) is 19.5 Å². The topological polar surface area (TPSA) is 166 Å². The second kappa shape index (κ2) is 8.60. The van der Waals surface area contributed by atoms with Gasteiger partial charge >= 0.3 is 0 Å². The summed E-state index contributed by atoms with van der Waals surface area (Å²) in [7, 11) is 0. The van der Waals surface area contributed by atoms with Crippen LogP contribution >= 0.6 is 0 Å². The molecule has 3 heterocycles. The van der Waals surface area contributed by atoms with Crippen molar-refractivity contribution in [2.45, 2.75) is 36.7 Å². The standard InChI is InChI=1S/C19H23N5O6/c25-6-11(14(27)10-4-2-1-3-5-10)23-17-13-18(21-8-20-17)24(9-22-13)19-16(29)15(28)12(7-26)30-19/h1-5,8-9,11-12,14-16,19,25-29H,6-7H2,(H,20,21,23)/t11-,12-,14-,15?,16+,19-/m1/s1. The lowest BCUT2D eigenvalue weighted by molar-refractivity contribution is -0.0511. The molecule has 1 unspecified atom stereocenters. The summed E-state index contributed by atoms with van der Waals surface area (Å²) in [5.41, 5.74) is 1.27. The first-order valence-electron chi connectivity index (χ1n) is 9.45. The second-order valence-corrected chi connectivity index (χ2v) is 7.06. The number of benzene rings is 1. The maximum Gasteiger partial charge on any atom is 0.167 e. The van der Waals surface area contributed by atoms with Gasteiger partial charge in [0, 0.05) is 0 Å². The number of aliphatic hydroxyl groups excluding tert-OH is 5. The highest BCUT2D eigenvalue weighted by Crippen LogP contribution is 2.32. The van der Waals surface area contributed by atoms with Crippen molar-refractivity contribution >= 4 is 17.0 Å². The van der Waals surface area contributed by atoms with Gasteiger partial charge in [-0.1, -0.05) is 30.3 Å². The third-order valence-electron chi connectivity index (χ3n) is 5.19. The van der Waals surface area contributed by atoms with E-state index in [2.05, 4.69) is 20.3 Å². The molecule has 2 aromatic heterocycles. The van der Waals surface area contributed by atoms with Gasteiger partial charge in [0.25, 0.3) is 0 Å². The summed E-state index contributed by atoms with van der Waals surface area (Å²) in [5, 5.41) is 53.0. The molecule has 11 heteroatoms. The fourth-order valence-electron chi connectivity index (χ4n) is 3.54. The van der Waals surface area contributed by atoms with Crippen molar-refractivity contribution < 1.29 is 30.3 Å². The number of hydrogen-bond donors (Lipinski definition) is 6. The van der Waals surface area contributed by atoms with E-state index in [0.29, 0.717) is 16.7 Å². The lowest BCUT2D eigenvalue weighted by atomic mass is 10.0. The number of rotatable bonds is 7. The van der Waals surface area contributed by atoms with E-state index in [1.165, 1.54) is 17.2 Å². The van der Waals surface area contributed by atoms with Crippen LogP contribution in [0.3, 0.4) is 0 Å². The Bertz CT molecular complexity index is 986. The van der Waals surface area contributed by atoms with Gasteiger partial charge in [-0.2, -0.15) is 0 Å². The predicted molar refractivity (Wildman–Crippen MR) is 104 cm³/mol. The van der Waals surface area contributed by atoms with Crippen molar-refractivity contribution in [2.24, 2.45) is 0 Å². The summed E-state index contributed by atoms with van der Waals surface area (Å²) in [4.78, 5) is 12.6. The maximum absolute atomic E-state index is 10.6. The molecule has 1 aromatic carbocycles. The molecular formula is C19H23N5O6. The molecule has 1 aliphatic rings. The van der Waals surface area contributed by atoms with Gasteiger partial charge in [-0.3, -0.25) is 4.57 Å². The number of imidazole rings is 1. The van der Waals surface area contributed by atoms with E-state index in [4.69, 9.17) is 4.74 Å². The molecule has 0 saturated carbocycles. The van der Waals surface area contributed by atoms with E-state index in [1.807, 2.05) is 6.07 Å². The van der Waals surface area contributed by atoms with Crippen LogP contribution in [0.5, 0.6) is 0 Å². The van der Waals surface area contributed by atoms with E-state index in [9.17, 15) is 25.5 Å². The minimum absolute atomic E-state index is 0.277. The van der Waals surface area contributed by atoms with Crippen LogP contribution in [-0.2, 0) is 4.74 Å². The Morgan fingerprint density at radius 2 is 1.83 bits per heavy atom. The van der Waals surface area contributed by atoms with Gasteiger partial charge in [-0.25, -0.2) is 15.0 Å². The zero-order chi connectivity index (χ0) is 21.3. The second-order valence-electron chi connectivity index (χ2n) is 7.06. The summed E-state index contributed by atoms with van der Waals surface area (Å²) in [5.74, 6) is 0.277. The predicted octanol–water partition coefficient (Wildman–Crippen LogP) is -1.06. The van der Waals surface area contributed by atoms with Gasteiger partial charge < -0.3 is 35.6 Å². The van der Waals surface area contributed by atoms with E-state index in [0.717, 1.165) is 0 Å². The SMILES string of the molecule is OC[C@H]1O[C@@H](n2cnc3c(N[C@H](CO)[C@H](O)c4ccccc4)ncnc32)[C@@H](O)C1O. The molecule has 0 radical (unpaired) electrons. The number of anilines is 1. The molecule has 6 N–H and O–H groups in total. The largest absolute Gasteiger partial charge is 0.394 e. The average molecular weight is 417 g/mol. The maximum atomic E-state index is 10.6. The molecule has 0 aliphatic carbocycles. The first kappa shape index (κ1) is 20.6. The highest BCUT2D eigenvalue weighted by atomic mass is 16.6. The van der Waals surface area contributed by atoms with Gasteiger partial charge in [-0.05, 0) is 5.56 Å². The number of nitrogens with one attached hydrogen (secondary N) is 1. The Kier molecular flexibility index (Phi) is 5.90. The lowest BCUT2D eigenvalue weighted by Crippen LogP contribution is -2.33. The van der Waals surface area contributed by atoms with Gasteiger partial charge in [0.1, 0.15) is 30.7 Å². The lowest BCUT2D eigenvalue weighted by Gasteiger charge is -2.23. The zero-order valence-electron chi connectivity index (χ0n) is 15.9. The Hall–Kier alpha value is -2.67. The Morgan fingerprint density at radius 3 is 2.50 bits per heavy atom. The Morgan fingerprint density at radius 1 is 1.07 bits per heavy atom. The van der Waals surface area contributed by atoms with Crippen LogP contribution < -0.4 is 5.32 Å². The molecule has 30 heavy (non-hydrogen) atoms. The molecule has 0 bridgehead atoms. The summed E-state index contributed by atoms with van der Waals surface area (Å²) in [6.07, 6.45) is -2.80. The number of ether oxygens (including phenoxy) is 1. The third kappa shape index (κ3) is 3.62. The summed E-state index contributed by atoms with van der Waals surface area (Å²) in [6, 6.07) is 8.15. The Labute approximate surface area is 171 Å². The molecule has 0 spiro atoms. The van der Waals surface area contributed by atoms with Crippen LogP contribution in [0, 0.1) is 0 Å². The normalized spacial score (nSPS) is 26.0. The minimum Gasteiger partial charge on any atom is -0.394 e. The van der Waals surface area contributed by atoms with Gasteiger partial charge in [0.2, 0.25) is 0 Å². The Balaban J connectivity index is 1.62. The highest BCUT2D eigenvalue weighted by Gasteiger charge is 2.44. The fourth-order valence-corrected chi connectivity index (χ4v) is 3.54. The van der Waals surface area contributed by atoms with Crippen LogP contribution in [-0.4, -0.2) is 82.6 Å². The number of fused-ring (bicyclic) bond motifs is 1. The molecule has 160 valence electrons. The summed E-state index contributed by atoms with van der Waals surface area (Å²) in [6.45, 7) is -0.810. The minimum atomic E-state index is -1.28. The number of hydrogen-bond acceptors (Lipinski definition) is 10. The molecular weight excluding hydrogens is 394 g/mol. The van der Waals surface area contributed by atoms with Crippen molar-refractivity contribution in [3.63, 3.8) is 0 Å². The molecule has 1 fully saturated rings. The van der Waals surface area contributed by atoms with Crippen LogP contribution in [0.2, 0.25) is 0 Å². The highest BCUT2D eigenvalue weighted by molar-refractivity contribution is 5.82. The fraction of sp³-hybridized carbons (Fsp3) is 0.421. The van der Waals surface area contributed by atoms with Crippen molar-refractivity contribution in [3.05, 3.63) is 48.5 Å². The zero-order valence-corrected chi connectivity index (χ0v) is 15.9. The van der Waals surface area contributed by atoms with Gasteiger partial charge in [0.05, 0.1) is 25.6 Å². The molecule has 4 rings (SSSR count). The number of nitrogens with zero attached hydrogens (tertiary/aromatic N) is 4. The molecule has 1 saturated heterocycles. The number of aromatic nitrogens is 4.